The highest BCUT2D eigenvalue weighted by molar-refractivity contribution is 7.92. The molecule has 2 N–H and O–H groups in total. The number of hydrogen-bond donors (Lipinski definition) is 2. The van der Waals surface area contributed by atoms with Gasteiger partial charge in [0.2, 0.25) is 0 Å². The molecule has 0 unspecified atom stereocenters. The smallest absolute Gasteiger partial charge is 0.262 e. The minimum Gasteiger partial charge on any atom is -0.388 e. The number of benzene rings is 1. The number of nitrogens with one attached hydrogen (secondary N) is 2. The summed E-state index contributed by atoms with van der Waals surface area (Å²) >= 11 is 0. The Morgan fingerprint density at radius 2 is 1.88 bits per heavy atom. The van der Waals surface area contributed by atoms with Gasteiger partial charge in [-0.3, -0.25) is 4.72 Å². The van der Waals surface area contributed by atoms with Gasteiger partial charge in [-0.15, -0.1) is 0 Å². The SMILES string of the molecule is CNc1ccc(S(=O)(=O)Nc2cnoc2)cc1. The third-order valence-corrected chi connectivity index (χ3v) is 3.54. The van der Waals surface area contributed by atoms with Gasteiger partial charge in [-0.05, 0) is 24.3 Å². The fourth-order valence-corrected chi connectivity index (χ4v) is 2.29. The minimum atomic E-state index is -3.59. The van der Waals surface area contributed by atoms with Gasteiger partial charge in [0.05, 0.1) is 11.1 Å². The van der Waals surface area contributed by atoms with Crippen LogP contribution in [0.5, 0.6) is 0 Å². The van der Waals surface area contributed by atoms with Crippen molar-refractivity contribution in [2.45, 2.75) is 4.90 Å². The number of sulfonamides is 1. The first-order chi connectivity index (χ1) is 8.12. The highest BCUT2D eigenvalue weighted by atomic mass is 32.2. The van der Waals surface area contributed by atoms with Gasteiger partial charge in [0, 0.05) is 12.7 Å². The third-order valence-electron chi connectivity index (χ3n) is 2.14. The van der Waals surface area contributed by atoms with Crippen LogP contribution in [0.3, 0.4) is 0 Å². The van der Waals surface area contributed by atoms with Crippen molar-refractivity contribution in [2.75, 3.05) is 17.1 Å². The zero-order chi connectivity index (χ0) is 12.3. The second-order valence-electron chi connectivity index (χ2n) is 3.29. The topological polar surface area (TPSA) is 84.2 Å². The predicted molar refractivity (Wildman–Crippen MR) is 63.3 cm³/mol. The number of aromatic nitrogens is 1. The number of anilines is 2. The lowest BCUT2D eigenvalue weighted by molar-refractivity contribution is 0.420. The molecule has 0 amide bonds. The minimum absolute atomic E-state index is 0.178. The van der Waals surface area contributed by atoms with Gasteiger partial charge >= 0.3 is 0 Å². The van der Waals surface area contributed by atoms with Crippen LogP contribution in [0.4, 0.5) is 11.4 Å². The molecule has 2 aromatic rings. The van der Waals surface area contributed by atoms with Crippen LogP contribution in [-0.2, 0) is 10.0 Å². The van der Waals surface area contributed by atoms with E-state index in [1.54, 1.807) is 19.2 Å². The molecule has 7 heteroatoms. The average Bonchev–Trinajstić information content (AvgIpc) is 2.81. The lowest BCUT2D eigenvalue weighted by atomic mass is 10.3. The zero-order valence-electron chi connectivity index (χ0n) is 9.04. The van der Waals surface area contributed by atoms with Gasteiger partial charge < -0.3 is 9.84 Å². The first kappa shape index (κ1) is 11.5. The van der Waals surface area contributed by atoms with Crippen molar-refractivity contribution < 1.29 is 12.9 Å². The predicted octanol–water partition coefficient (Wildman–Crippen LogP) is 1.52. The largest absolute Gasteiger partial charge is 0.388 e. The van der Waals surface area contributed by atoms with Crippen molar-refractivity contribution in [1.82, 2.24) is 5.16 Å². The second kappa shape index (κ2) is 4.46. The molecule has 0 saturated carbocycles. The van der Waals surface area contributed by atoms with Gasteiger partial charge in [-0.25, -0.2) is 8.42 Å². The van der Waals surface area contributed by atoms with Crippen LogP contribution in [-0.4, -0.2) is 20.6 Å². The zero-order valence-corrected chi connectivity index (χ0v) is 9.86. The molecule has 1 aromatic heterocycles. The van der Waals surface area contributed by atoms with Crippen LogP contribution in [0.1, 0.15) is 0 Å². The Kier molecular flexibility index (Phi) is 3.01. The Labute approximate surface area is 98.7 Å². The maximum atomic E-state index is 11.9. The summed E-state index contributed by atoms with van der Waals surface area (Å²) in [6.45, 7) is 0. The molecule has 0 radical (unpaired) electrons. The van der Waals surface area contributed by atoms with Crippen molar-refractivity contribution >= 4 is 21.4 Å². The summed E-state index contributed by atoms with van der Waals surface area (Å²) in [5.74, 6) is 0. The molecule has 0 bridgehead atoms. The van der Waals surface area contributed by atoms with Crippen LogP contribution in [0.25, 0.3) is 0 Å². The molecular weight excluding hydrogens is 242 g/mol. The molecule has 1 aromatic carbocycles. The van der Waals surface area contributed by atoms with E-state index in [-0.39, 0.29) is 4.90 Å². The molecule has 0 atom stereocenters. The molecule has 0 aliphatic heterocycles. The molecule has 0 aliphatic carbocycles. The summed E-state index contributed by atoms with van der Waals surface area (Å²) in [6, 6.07) is 6.40. The van der Waals surface area contributed by atoms with Crippen LogP contribution >= 0.6 is 0 Å². The van der Waals surface area contributed by atoms with Crippen molar-refractivity contribution in [3.63, 3.8) is 0 Å². The Hall–Kier alpha value is -2.02. The third kappa shape index (κ3) is 2.56. The Bertz CT molecular complexity index is 576. The average molecular weight is 253 g/mol. The van der Waals surface area contributed by atoms with E-state index in [1.165, 1.54) is 24.6 Å². The van der Waals surface area contributed by atoms with Gasteiger partial charge in [0.25, 0.3) is 10.0 Å². The van der Waals surface area contributed by atoms with Gasteiger partial charge in [0.15, 0.2) is 0 Å². The summed E-state index contributed by atoms with van der Waals surface area (Å²) in [5, 5.41) is 6.33. The Morgan fingerprint density at radius 1 is 1.18 bits per heavy atom. The molecule has 2 rings (SSSR count). The standard InChI is InChI=1S/C10H11N3O3S/c1-11-8-2-4-10(5-3-8)17(14,15)13-9-6-12-16-7-9/h2-7,11,13H,1H3. The number of hydrogen-bond acceptors (Lipinski definition) is 5. The van der Waals surface area contributed by atoms with E-state index >= 15 is 0 Å². The highest BCUT2D eigenvalue weighted by Gasteiger charge is 2.14. The number of nitrogens with zero attached hydrogens (tertiary/aromatic N) is 1. The first-order valence-corrected chi connectivity index (χ1v) is 6.30. The van der Waals surface area contributed by atoms with E-state index in [0.29, 0.717) is 5.69 Å². The second-order valence-corrected chi connectivity index (χ2v) is 4.98. The molecule has 1 heterocycles. The highest BCUT2D eigenvalue weighted by Crippen LogP contribution is 2.17. The van der Waals surface area contributed by atoms with E-state index in [1.807, 2.05) is 0 Å². The monoisotopic (exact) mass is 253 g/mol. The van der Waals surface area contributed by atoms with Crippen molar-refractivity contribution in [3.8, 4) is 0 Å². The molecule has 0 aliphatic rings. The summed E-state index contributed by atoms with van der Waals surface area (Å²) in [6.07, 6.45) is 2.51. The van der Waals surface area contributed by atoms with Crippen molar-refractivity contribution in [2.24, 2.45) is 0 Å². The number of rotatable bonds is 4. The molecule has 0 fully saturated rings. The van der Waals surface area contributed by atoms with Crippen LogP contribution in [0, 0.1) is 0 Å². The molecule has 17 heavy (non-hydrogen) atoms. The summed E-state index contributed by atoms with van der Waals surface area (Å²) < 4.78 is 30.7. The van der Waals surface area contributed by atoms with E-state index in [9.17, 15) is 8.42 Å². The molecule has 6 nitrogen and oxygen atoms in total. The quantitative estimate of drug-likeness (QED) is 0.863. The lowest BCUT2D eigenvalue weighted by Gasteiger charge is -2.06. The molecule has 90 valence electrons. The van der Waals surface area contributed by atoms with Crippen molar-refractivity contribution in [3.05, 3.63) is 36.7 Å². The summed E-state index contributed by atoms with van der Waals surface area (Å²) in [5.41, 5.74) is 1.14. The summed E-state index contributed by atoms with van der Waals surface area (Å²) in [4.78, 5) is 0.178. The van der Waals surface area contributed by atoms with E-state index in [2.05, 4.69) is 19.7 Å². The molecular formula is C10H11N3O3S. The normalized spacial score (nSPS) is 11.1. The van der Waals surface area contributed by atoms with E-state index in [0.717, 1.165) is 5.69 Å². The van der Waals surface area contributed by atoms with Crippen molar-refractivity contribution in [1.29, 1.82) is 0 Å². The Morgan fingerprint density at radius 3 is 2.41 bits per heavy atom. The van der Waals surface area contributed by atoms with E-state index in [4.69, 9.17) is 0 Å². The fraction of sp³-hybridized carbons (Fsp3) is 0.100. The maximum Gasteiger partial charge on any atom is 0.262 e. The molecule has 0 saturated heterocycles. The molecule has 0 spiro atoms. The van der Waals surface area contributed by atoms with Crippen LogP contribution < -0.4 is 10.0 Å². The van der Waals surface area contributed by atoms with Gasteiger partial charge in [-0.2, -0.15) is 0 Å². The summed E-state index contributed by atoms with van der Waals surface area (Å²) in [7, 11) is -1.82. The van der Waals surface area contributed by atoms with E-state index < -0.39 is 10.0 Å². The fourth-order valence-electron chi connectivity index (χ4n) is 1.27. The Balaban J connectivity index is 2.25. The first-order valence-electron chi connectivity index (χ1n) is 4.82. The lowest BCUT2D eigenvalue weighted by Crippen LogP contribution is -2.12. The maximum absolute atomic E-state index is 11.9. The van der Waals surface area contributed by atoms with Crippen LogP contribution in [0.2, 0.25) is 0 Å². The van der Waals surface area contributed by atoms with Gasteiger partial charge in [0.1, 0.15) is 12.0 Å². The van der Waals surface area contributed by atoms with Crippen LogP contribution in [0.15, 0.2) is 46.1 Å². The van der Waals surface area contributed by atoms with Gasteiger partial charge in [-0.1, -0.05) is 5.16 Å².